The number of hydrogen-bond acceptors (Lipinski definition) is 3. The molecule has 0 amide bonds. The van der Waals surface area contributed by atoms with Crippen LogP contribution in [0.3, 0.4) is 0 Å². The molecule has 0 unspecified atom stereocenters. The van der Waals surface area contributed by atoms with Crippen molar-refractivity contribution < 1.29 is 29.4 Å². The fourth-order valence-electron chi connectivity index (χ4n) is 4.56. The topological polar surface area (TPSA) is 61.7 Å². The minimum atomic E-state index is 0.323. The molecule has 2 aromatic carbocycles. The molecule has 6 nitrogen and oxygen atoms in total. The third-order valence-corrected chi connectivity index (χ3v) is 6.77. The number of rotatable bonds is 4. The molecule has 156 valence electrons. The predicted octanol–water partition coefficient (Wildman–Crippen LogP) is 0.643. The molecule has 5 rings (SSSR count). The summed E-state index contributed by atoms with van der Waals surface area (Å²) in [4.78, 5) is 6.57. The van der Waals surface area contributed by atoms with Crippen LogP contribution < -0.4 is 24.3 Å². The summed E-state index contributed by atoms with van der Waals surface area (Å²) >= 11 is 3.51. The van der Waals surface area contributed by atoms with E-state index in [4.69, 9.17) is 9.47 Å². The highest BCUT2D eigenvalue weighted by atomic mass is 79.9. The average molecular weight is 473 g/mol. The van der Waals surface area contributed by atoms with Crippen molar-refractivity contribution in [2.75, 3.05) is 33.0 Å². The summed E-state index contributed by atoms with van der Waals surface area (Å²) in [6.45, 7) is 8.64. The van der Waals surface area contributed by atoms with Crippen LogP contribution in [0.2, 0.25) is 0 Å². The van der Waals surface area contributed by atoms with Gasteiger partial charge in [-0.05, 0) is 30.3 Å². The number of ether oxygens (including phenoxy) is 2. The molecule has 3 heterocycles. The van der Waals surface area contributed by atoms with Gasteiger partial charge in [-0.15, -0.1) is 0 Å². The van der Waals surface area contributed by atoms with Crippen molar-refractivity contribution in [3.05, 3.63) is 57.7 Å². The molecule has 1 fully saturated rings. The number of fused-ring (bicyclic) bond motifs is 2. The number of pyridine rings is 1. The van der Waals surface area contributed by atoms with E-state index < -0.39 is 0 Å². The standard InChI is InChI=1S/C23H24BrN3O3/c1-15-19(23(28)18-11-17(24)3-4-20(18)25-15)13-27-8-6-26(7-9-27)12-16-2-5-21-22(10-16)30-14-29-21/h2-5,10-11H,6-9,12-14H2,1H3,(H,25,28)/p+3. The number of halogens is 1. The van der Waals surface area contributed by atoms with E-state index in [0.29, 0.717) is 12.5 Å². The van der Waals surface area contributed by atoms with Gasteiger partial charge in [0.15, 0.2) is 17.2 Å². The summed E-state index contributed by atoms with van der Waals surface area (Å²) in [6.07, 6.45) is 0. The fraction of sp³-hybridized carbons (Fsp3) is 0.348. The highest BCUT2D eigenvalue weighted by molar-refractivity contribution is 9.10. The van der Waals surface area contributed by atoms with Crippen LogP contribution in [0.4, 0.5) is 0 Å². The Morgan fingerprint density at radius 1 is 0.967 bits per heavy atom. The quantitative estimate of drug-likeness (QED) is 0.522. The first kappa shape index (κ1) is 19.6. The lowest BCUT2D eigenvalue weighted by Crippen LogP contribution is -3.27. The van der Waals surface area contributed by atoms with Crippen LogP contribution in [0.5, 0.6) is 17.2 Å². The Labute approximate surface area is 184 Å². The van der Waals surface area contributed by atoms with Gasteiger partial charge in [-0.1, -0.05) is 15.9 Å². The SMILES string of the molecule is Cc1[nH+]c2ccc(Br)cc2c(O)c1C[NH+]1CC[NH+](Cc2ccc3c(c2)OCO3)CC1. The second-order valence-corrected chi connectivity index (χ2v) is 9.22. The lowest BCUT2D eigenvalue weighted by Gasteiger charge is -2.30. The Bertz CT molecular complexity index is 1100. The smallest absolute Gasteiger partial charge is 0.231 e. The Hall–Kier alpha value is -2.35. The Morgan fingerprint density at radius 3 is 2.50 bits per heavy atom. The van der Waals surface area contributed by atoms with Crippen LogP contribution in [0.15, 0.2) is 40.9 Å². The first-order valence-corrected chi connectivity index (χ1v) is 11.2. The van der Waals surface area contributed by atoms with E-state index in [2.05, 4.69) is 40.0 Å². The van der Waals surface area contributed by atoms with E-state index in [-0.39, 0.29) is 0 Å². The normalized spacial score (nSPS) is 20.6. The lowest BCUT2D eigenvalue weighted by atomic mass is 10.1. The molecular weight excluding hydrogens is 446 g/mol. The van der Waals surface area contributed by atoms with Gasteiger partial charge in [0.2, 0.25) is 12.3 Å². The minimum absolute atomic E-state index is 0.323. The monoisotopic (exact) mass is 472 g/mol. The van der Waals surface area contributed by atoms with Crippen LogP contribution in [0, 0.1) is 6.92 Å². The number of hydrogen-bond donors (Lipinski definition) is 3. The zero-order chi connectivity index (χ0) is 20.7. The number of aryl methyl sites for hydroxylation is 1. The molecule has 1 aromatic heterocycles. The van der Waals surface area contributed by atoms with Crippen LogP contribution in [0.1, 0.15) is 16.8 Å². The van der Waals surface area contributed by atoms with Gasteiger partial charge in [0.25, 0.3) is 0 Å². The second-order valence-electron chi connectivity index (χ2n) is 8.31. The third kappa shape index (κ3) is 3.85. The number of nitrogens with one attached hydrogen (secondary N) is 3. The second kappa shape index (κ2) is 8.06. The van der Waals surface area contributed by atoms with Crippen molar-refractivity contribution in [2.24, 2.45) is 0 Å². The highest BCUT2D eigenvalue weighted by Gasteiger charge is 2.27. The first-order chi connectivity index (χ1) is 14.6. The van der Waals surface area contributed by atoms with Gasteiger partial charge in [-0.3, -0.25) is 0 Å². The largest absolute Gasteiger partial charge is 0.506 e. The Morgan fingerprint density at radius 2 is 1.70 bits per heavy atom. The van der Waals surface area contributed by atoms with E-state index >= 15 is 0 Å². The van der Waals surface area contributed by atoms with Crippen molar-refractivity contribution in [3.63, 3.8) is 0 Å². The fourth-order valence-corrected chi connectivity index (χ4v) is 4.92. The molecule has 2 aliphatic heterocycles. The summed E-state index contributed by atoms with van der Waals surface area (Å²) in [7, 11) is 0. The lowest BCUT2D eigenvalue weighted by molar-refractivity contribution is -1.02. The Kier molecular flexibility index (Phi) is 5.26. The number of aromatic hydroxyl groups is 1. The van der Waals surface area contributed by atoms with Crippen molar-refractivity contribution in [1.29, 1.82) is 0 Å². The highest BCUT2D eigenvalue weighted by Crippen LogP contribution is 2.32. The molecule has 0 spiro atoms. The van der Waals surface area contributed by atoms with Gasteiger partial charge in [0.1, 0.15) is 50.6 Å². The molecule has 0 bridgehead atoms. The summed E-state index contributed by atoms with van der Waals surface area (Å²) in [5, 5.41) is 11.8. The van der Waals surface area contributed by atoms with E-state index in [0.717, 1.165) is 77.4 Å². The maximum atomic E-state index is 10.9. The molecule has 30 heavy (non-hydrogen) atoms. The zero-order valence-electron chi connectivity index (χ0n) is 17.1. The summed E-state index contributed by atoms with van der Waals surface area (Å²) in [6, 6.07) is 12.2. The van der Waals surface area contributed by atoms with Crippen molar-refractivity contribution >= 4 is 26.8 Å². The molecule has 1 saturated heterocycles. The van der Waals surface area contributed by atoms with E-state index in [1.165, 1.54) is 10.5 Å². The molecule has 2 aliphatic rings. The number of aromatic amines is 1. The molecule has 7 heteroatoms. The molecular formula is C23H27BrN3O3+3. The van der Waals surface area contributed by atoms with E-state index in [1.54, 1.807) is 4.90 Å². The number of quaternary nitrogens is 2. The Balaban J connectivity index is 1.24. The van der Waals surface area contributed by atoms with Gasteiger partial charge in [-0.2, -0.15) is 0 Å². The first-order valence-electron chi connectivity index (χ1n) is 10.5. The maximum absolute atomic E-state index is 10.9. The maximum Gasteiger partial charge on any atom is 0.231 e. The molecule has 0 saturated carbocycles. The van der Waals surface area contributed by atoms with Crippen molar-refractivity contribution in [3.8, 4) is 17.2 Å². The molecule has 0 radical (unpaired) electrons. The summed E-state index contributed by atoms with van der Waals surface area (Å²) in [5.74, 6) is 2.11. The molecule has 4 N–H and O–H groups in total. The van der Waals surface area contributed by atoms with Crippen LogP contribution in [0.25, 0.3) is 10.9 Å². The van der Waals surface area contributed by atoms with Gasteiger partial charge in [-0.25, -0.2) is 4.98 Å². The van der Waals surface area contributed by atoms with Gasteiger partial charge >= 0.3 is 0 Å². The third-order valence-electron chi connectivity index (χ3n) is 6.28. The predicted molar refractivity (Wildman–Crippen MR) is 116 cm³/mol. The van der Waals surface area contributed by atoms with E-state index in [9.17, 15) is 5.11 Å². The van der Waals surface area contributed by atoms with E-state index in [1.807, 2.05) is 24.3 Å². The van der Waals surface area contributed by atoms with Gasteiger partial charge in [0, 0.05) is 23.0 Å². The van der Waals surface area contributed by atoms with Crippen LogP contribution in [-0.2, 0) is 13.1 Å². The van der Waals surface area contributed by atoms with Crippen molar-refractivity contribution in [2.45, 2.75) is 20.0 Å². The number of piperazine rings is 1. The zero-order valence-corrected chi connectivity index (χ0v) is 18.6. The average Bonchev–Trinajstić information content (AvgIpc) is 3.21. The minimum Gasteiger partial charge on any atom is -0.506 e. The molecule has 0 aliphatic carbocycles. The number of aromatic nitrogens is 1. The summed E-state index contributed by atoms with van der Waals surface area (Å²) in [5.41, 5.74) is 4.32. The molecule has 3 aromatic rings. The van der Waals surface area contributed by atoms with Crippen LogP contribution >= 0.6 is 15.9 Å². The number of H-pyrrole nitrogens is 1. The van der Waals surface area contributed by atoms with Gasteiger partial charge < -0.3 is 24.4 Å². The van der Waals surface area contributed by atoms with Gasteiger partial charge in [0.05, 0.1) is 5.39 Å². The molecule has 0 atom stereocenters. The van der Waals surface area contributed by atoms with Crippen LogP contribution in [-0.4, -0.2) is 38.1 Å². The summed E-state index contributed by atoms with van der Waals surface area (Å²) < 4.78 is 11.9. The van der Waals surface area contributed by atoms with Crippen molar-refractivity contribution in [1.82, 2.24) is 0 Å². The number of benzene rings is 2.